The minimum Gasteiger partial charge on any atom is -0.469 e. The summed E-state index contributed by atoms with van der Waals surface area (Å²) in [7, 11) is 0. The first-order chi connectivity index (χ1) is 10.8. The number of carbonyl (C=O) groups excluding carboxylic acids is 1. The fourth-order valence-corrected chi connectivity index (χ4v) is 3.40. The van der Waals surface area contributed by atoms with Crippen molar-refractivity contribution in [2.24, 2.45) is 0 Å². The number of aryl methyl sites for hydroxylation is 1. The minimum atomic E-state index is -0.487. The van der Waals surface area contributed by atoms with Gasteiger partial charge in [-0.05, 0) is 40.2 Å². The van der Waals surface area contributed by atoms with Gasteiger partial charge in [0.25, 0.3) is 0 Å². The second-order valence-corrected chi connectivity index (χ2v) is 7.44. The first-order valence-electron chi connectivity index (χ1n) is 8.19. The highest BCUT2D eigenvalue weighted by atomic mass is 16.6. The van der Waals surface area contributed by atoms with Crippen molar-refractivity contribution in [2.75, 3.05) is 26.2 Å². The van der Waals surface area contributed by atoms with Crippen LogP contribution in [0.5, 0.6) is 0 Å². The van der Waals surface area contributed by atoms with Gasteiger partial charge in [0.05, 0.1) is 25.5 Å². The highest BCUT2D eigenvalue weighted by Crippen LogP contribution is 2.40. The second-order valence-electron chi connectivity index (χ2n) is 7.44. The zero-order chi connectivity index (χ0) is 16.7. The molecule has 1 N–H and O–H groups in total. The van der Waals surface area contributed by atoms with E-state index in [1.807, 2.05) is 33.8 Å². The van der Waals surface area contributed by atoms with E-state index >= 15 is 0 Å². The number of hydrogen-bond donors (Lipinski definition) is 1. The maximum absolute atomic E-state index is 12.3. The number of amides is 1. The molecule has 2 atom stereocenters. The number of nitrogens with one attached hydrogen (secondary N) is 1. The van der Waals surface area contributed by atoms with E-state index in [0.29, 0.717) is 19.7 Å². The van der Waals surface area contributed by atoms with Crippen LogP contribution in [0.15, 0.2) is 16.7 Å². The van der Waals surface area contributed by atoms with Crippen molar-refractivity contribution in [3.63, 3.8) is 0 Å². The summed E-state index contributed by atoms with van der Waals surface area (Å²) >= 11 is 0. The van der Waals surface area contributed by atoms with Gasteiger partial charge < -0.3 is 24.1 Å². The van der Waals surface area contributed by atoms with E-state index in [1.54, 1.807) is 11.2 Å². The molecule has 23 heavy (non-hydrogen) atoms. The van der Waals surface area contributed by atoms with E-state index in [9.17, 15) is 4.79 Å². The molecule has 6 heteroatoms. The summed E-state index contributed by atoms with van der Waals surface area (Å²) < 4.78 is 17.1. The average Bonchev–Trinajstić information content (AvgIpc) is 3.05. The molecular formula is C17H26N2O4. The standard InChI is InChI=1S/C17H26N2O4/c1-12-9-13(10-21-12)14-17(22-8-6-18-14)5-7-19(11-17)15(20)23-16(2,3)4/h9-10,14,18H,5-8,11H2,1-4H3. The van der Waals surface area contributed by atoms with Crippen molar-refractivity contribution in [2.45, 2.75) is 51.4 Å². The molecule has 0 saturated carbocycles. The fraction of sp³-hybridized carbons (Fsp3) is 0.706. The summed E-state index contributed by atoms with van der Waals surface area (Å²) in [5, 5.41) is 3.53. The van der Waals surface area contributed by atoms with Crippen LogP contribution in [0.4, 0.5) is 4.79 Å². The number of morpholine rings is 1. The Hall–Kier alpha value is -1.53. The zero-order valence-electron chi connectivity index (χ0n) is 14.3. The topological polar surface area (TPSA) is 63.9 Å². The molecule has 0 aliphatic carbocycles. The summed E-state index contributed by atoms with van der Waals surface area (Å²) in [6.07, 6.45) is 2.29. The van der Waals surface area contributed by atoms with Gasteiger partial charge in [0.2, 0.25) is 0 Å². The predicted octanol–water partition coefficient (Wildman–Crippen LogP) is 2.63. The number of nitrogens with zero attached hydrogens (tertiary/aromatic N) is 1. The summed E-state index contributed by atoms with van der Waals surface area (Å²) in [4.78, 5) is 14.1. The van der Waals surface area contributed by atoms with E-state index in [-0.39, 0.29) is 12.1 Å². The number of carbonyl (C=O) groups is 1. The molecule has 3 heterocycles. The van der Waals surface area contributed by atoms with Gasteiger partial charge in [-0.2, -0.15) is 0 Å². The van der Waals surface area contributed by atoms with Crippen molar-refractivity contribution in [3.05, 3.63) is 23.7 Å². The lowest BCUT2D eigenvalue weighted by atomic mass is 9.87. The normalized spacial score (nSPS) is 28.3. The molecular weight excluding hydrogens is 296 g/mol. The SMILES string of the molecule is Cc1cc(C2NCCOC23CCN(C(=O)OC(C)(C)C)C3)co1. The molecule has 2 fully saturated rings. The highest BCUT2D eigenvalue weighted by Gasteiger charge is 2.50. The van der Waals surface area contributed by atoms with Crippen LogP contribution in [0, 0.1) is 6.92 Å². The lowest BCUT2D eigenvalue weighted by molar-refractivity contribution is -0.0903. The molecule has 0 aromatic carbocycles. The van der Waals surface area contributed by atoms with Gasteiger partial charge >= 0.3 is 6.09 Å². The van der Waals surface area contributed by atoms with Crippen LogP contribution >= 0.6 is 0 Å². The average molecular weight is 322 g/mol. The number of rotatable bonds is 1. The lowest BCUT2D eigenvalue weighted by Gasteiger charge is -2.41. The van der Waals surface area contributed by atoms with Gasteiger partial charge in [0.15, 0.2) is 0 Å². The molecule has 3 rings (SSSR count). The smallest absolute Gasteiger partial charge is 0.410 e. The molecule has 1 spiro atoms. The van der Waals surface area contributed by atoms with E-state index in [1.165, 1.54) is 0 Å². The van der Waals surface area contributed by atoms with E-state index in [2.05, 4.69) is 5.32 Å². The summed E-state index contributed by atoms with van der Waals surface area (Å²) in [6, 6.07) is 2.06. The Morgan fingerprint density at radius 2 is 2.26 bits per heavy atom. The molecule has 2 unspecified atom stereocenters. The molecule has 2 saturated heterocycles. The van der Waals surface area contributed by atoms with Gasteiger partial charge in [0, 0.05) is 18.7 Å². The number of hydrogen-bond acceptors (Lipinski definition) is 5. The fourth-order valence-electron chi connectivity index (χ4n) is 3.40. The Balaban J connectivity index is 1.76. The molecule has 128 valence electrons. The largest absolute Gasteiger partial charge is 0.469 e. The molecule has 1 aromatic heterocycles. The van der Waals surface area contributed by atoms with Crippen molar-refractivity contribution < 1.29 is 18.7 Å². The van der Waals surface area contributed by atoms with Crippen molar-refractivity contribution in [1.82, 2.24) is 10.2 Å². The molecule has 2 aliphatic heterocycles. The van der Waals surface area contributed by atoms with Gasteiger partial charge in [0.1, 0.15) is 17.0 Å². The summed E-state index contributed by atoms with van der Waals surface area (Å²) in [5.74, 6) is 0.879. The zero-order valence-corrected chi connectivity index (χ0v) is 14.3. The Morgan fingerprint density at radius 3 is 2.91 bits per heavy atom. The van der Waals surface area contributed by atoms with E-state index in [0.717, 1.165) is 24.3 Å². The third-order valence-corrected chi connectivity index (χ3v) is 4.37. The van der Waals surface area contributed by atoms with Crippen LogP contribution in [-0.2, 0) is 9.47 Å². The molecule has 1 aromatic rings. The Bertz CT molecular complexity index is 577. The first-order valence-corrected chi connectivity index (χ1v) is 8.19. The maximum atomic E-state index is 12.3. The van der Waals surface area contributed by atoms with Crippen LogP contribution in [0.1, 0.15) is 44.6 Å². The monoisotopic (exact) mass is 322 g/mol. The molecule has 0 bridgehead atoms. The van der Waals surface area contributed by atoms with Crippen molar-refractivity contribution >= 4 is 6.09 Å². The van der Waals surface area contributed by atoms with Crippen LogP contribution < -0.4 is 5.32 Å². The summed E-state index contributed by atoms with van der Waals surface area (Å²) in [6.45, 7) is 10.2. The third-order valence-electron chi connectivity index (χ3n) is 4.37. The van der Waals surface area contributed by atoms with Crippen molar-refractivity contribution in [3.8, 4) is 0 Å². The highest BCUT2D eigenvalue weighted by molar-refractivity contribution is 5.68. The second kappa shape index (κ2) is 5.83. The van der Waals surface area contributed by atoms with E-state index in [4.69, 9.17) is 13.9 Å². The Morgan fingerprint density at radius 1 is 1.48 bits per heavy atom. The molecule has 0 radical (unpaired) electrons. The predicted molar refractivity (Wildman–Crippen MR) is 85.3 cm³/mol. The summed E-state index contributed by atoms with van der Waals surface area (Å²) in [5.41, 5.74) is 0.179. The van der Waals surface area contributed by atoms with Gasteiger partial charge in [-0.1, -0.05) is 0 Å². The van der Waals surface area contributed by atoms with Crippen LogP contribution in [0.3, 0.4) is 0 Å². The van der Waals surface area contributed by atoms with Crippen LogP contribution in [0.2, 0.25) is 0 Å². The van der Waals surface area contributed by atoms with Gasteiger partial charge in [-0.15, -0.1) is 0 Å². The van der Waals surface area contributed by atoms with Crippen LogP contribution in [-0.4, -0.2) is 48.4 Å². The Kier molecular flexibility index (Phi) is 4.14. The van der Waals surface area contributed by atoms with Crippen molar-refractivity contribution in [1.29, 1.82) is 0 Å². The first kappa shape index (κ1) is 16.3. The molecule has 6 nitrogen and oxygen atoms in total. The quantitative estimate of drug-likeness (QED) is 0.861. The number of furan rings is 1. The van der Waals surface area contributed by atoms with Crippen LogP contribution in [0.25, 0.3) is 0 Å². The maximum Gasteiger partial charge on any atom is 0.410 e. The minimum absolute atomic E-state index is 0.0288. The van der Waals surface area contributed by atoms with Gasteiger partial charge in [-0.25, -0.2) is 4.79 Å². The number of ether oxygens (including phenoxy) is 2. The molecule has 1 amide bonds. The molecule has 2 aliphatic rings. The lowest BCUT2D eigenvalue weighted by Crippen LogP contribution is -2.54. The number of likely N-dealkylation sites (tertiary alicyclic amines) is 1. The van der Waals surface area contributed by atoms with E-state index < -0.39 is 11.2 Å². The van der Waals surface area contributed by atoms with Gasteiger partial charge in [-0.3, -0.25) is 0 Å². The third kappa shape index (κ3) is 3.38. The Labute approximate surface area is 137 Å².